The maximum atomic E-state index is 5.95. The second-order valence-corrected chi connectivity index (χ2v) is 5.33. The molecule has 20 heavy (non-hydrogen) atoms. The number of nitrogens with zero attached hydrogens (tertiary/aromatic N) is 3. The van der Waals surface area contributed by atoms with Crippen molar-refractivity contribution in [2.75, 3.05) is 18.5 Å². The van der Waals surface area contributed by atoms with Crippen LogP contribution in [0.4, 0.5) is 5.95 Å². The van der Waals surface area contributed by atoms with Crippen molar-refractivity contribution in [1.82, 2.24) is 20.2 Å². The van der Waals surface area contributed by atoms with Crippen molar-refractivity contribution >= 4 is 17.0 Å². The van der Waals surface area contributed by atoms with Crippen LogP contribution in [0.5, 0.6) is 5.88 Å². The molecule has 0 saturated heterocycles. The van der Waals surface area contributed by atoms with Gasteiger partial charge in [0, 0.05) is 6.54 Å². The van der Waals surface area contributed by atoms with Gasteiger partial charge in [-0.2, -0.15) is 15.1 Å². The van der Waals surface area contributed by atoms with Crippen molar-refractivity contribution < 1.29 is 4.74 Å². The van der Waals surface area contributed by atoms with Gasteiger partial charge < -0.3 is 10.1 Å². The Bertz CT molecular complexity index is 562. The number of fused-ring (bicyclic) bond motifs is 1. The predicted molar refractivity (Wildman–Crippen MR) is 77.9 cm³/mol. The summed E-state index contributed by atoms with van der Waals surface area (Å²) in [6.45, 7) is 3.54. The Balaban J connectivity index is 1.76. The van der Waals surface area contributed by atoms with Crippen LogP contribution in [0.25, 0.3) is 11.0 Å². The van der Waals surface area contributed by atoms with E-state index in [4.69, 9.17) is 4.74 Å². The molecular formula is C14H21N5O. The van der Waals surface area contributed by atoms with Gasteiger partial charge in [-0.1, -0.05) is 19.3 Å². The average molecular weight is 275 g/mol. The predicted octanol–water partition coefficient (Wildman–Crippen LogP) is 2.74. The average Bonchev–Trinajstić information content (AvgIpc) is 2.95. The normalized spacial score (nSPS) is 16.4. The minimum atomic E-state index is 0.586. The Labute approximate surface area is 118 Å². The lowest BCUT2D eigenvalue weighted by Crippen LogP contribution is -2.16. The Morgan fingerprint density at radius 2 is 2.15 bits per heavy atom. The van der Waals surface area contributed by atoms with Crippen molar-refractivity contribution in [1.29, 1.82) is 0 Å². The van der Waals surface area contributed by atoms with E-state index in [1.165, 1.54) is 32.1 Å². The lowest BCUT2D eigenvalue weighted by Gasteiger charge is -2.21. The molecule has 2 N–H and O–H groups in total. The van der Waals surface area contributed by atoms with Gasteiger partial charge in [-0.25, -0.2) is 0 Å². The third-order valence-electron chi connectivity index (χ3n) is 3.79. The van der Waals surface area contributed by atoms with E-state index >= 15 is 0 Å². The molecule has 0 bridgehead atoms. The van der Waals surface area contributed by atoms with Gasteiger partial charge in [0.05, 0.1) is 12.8 Å². The van der Waals surface area contributed by atoms with Gasteiger partial charge in [0.1, 0.15) is 5.39 Å². The van der Waals surface area contributed by atoms with Crippen molar-refractivity contribution in [2.45, 2.75) is 39.0 Å². The molecule has 2 aromatic heterocycles. The first-order valence-corrected chi connectivity index (χ1v) is 7.44. The molecule has 1 aliphatic carbocycles. The molecule has 0 atom stereocenters. The second kappa shape index (κ2) is 6.07. The highest BCUT2D eigenvalue weighted by Gasteiger charge is 2.16. The van der Waals surface area contributed by atoms with Gasteiger partial charge in [0.15, 0.2) is 5.65 Å². The number of hydrogen-bond acceptors (Lipinski definition) is 5. The van der Waals surface area contributed by atoms with Crippen LogP contribution >= 0.6 is 0 Å². The lowest BCUT2D eigenvalue weighted by atomic mass is 9.90. The van der Waals surface area contributed by atoms with Crippen molar-refractivity contribution in [3.63, 3.8) is 0 Å². The van der Waals surface area contributed by atoms with Crippen LogP contribution in [0.2, 0.25) is 0 Å². The first-order chi connectivity index (χ1) is 9.86. The summed E-state index contributed by atoms with van der Waals surface area (Å²) in [6.07, 6.45) is 8.25. The summed E-state index contributed by atoms with van der Waals surface area (Å²) in [4.78, 5) is 8.80. The molecule has 0 unspecified atom stereocenters. The maximum absolute atomic E-state index is 5.95. The van der Waals surface area contributed by atoms with Crippen LogP contribution in [-0.4, -0.2) is 33.3 Å². The van der Waals surface area contributed by atoms with Crippen molar-refractivity contribution in [2.24, 2.45) is 5.92 Å². The van der Waals surface area contributed by atoms with Crippen molar-refractivity contribution in [3.05, 3.63) is 6.20 Å². The number of nitrogens with one attached hydrogen (secondary N) is 2. The molecule has 0 aliphatic heterocycles. The minimum absolute atomic E-state index is 0.586. The Morgan fingerprint density at radius 1 is 1.30 bits per heavy atom. The fourth-order valence-electron chi connectivity index (χ4n) is 2.71. The largest absolute Gasteiger partial charge is 0.477 e. The van der Waals surface area contributed by atoms with Gasteiger partial charge in [-0.05, 0) is 25.7 Å². The summed E-state index contributed by atoms with van der Waals surface area (Å²) >= 11 is 0. The molecule has 0 spiro atoms. The van der Waals surface area contributed by atoms with Gasteiger partial charge in [-0.15, -0.1) is 0 Å². The summed E-state index contributed by atoms with van der Waals surface area (Å²) in [5.41, 5.74) is 0.717. The quantitative estimate of drug-likeness (QED) is 0.877. The van der Waals surface area contributed by atoms with Crippen LogP contribution < -0.4 is 10.1 Å². The molecule has 108 valence electrons. The molecular weight excluding hydrogens is 254 g/mol. The zero-order chi connectivity index (χ0) is 13.8. The monoisotopic (exact) mass is 275 g/mol. The highest BCUT2D eigenvalue weighted by atomic mass is 16.5. The molecule has 3 rings (SSSR count). The number of H-pyrrole nitrogens is 1. The van der Waals surface area contributed by atoms with Crippen LogP contribution in [0.1, 0.15) is 39.0 Å². The standard InChI is InChI=1S/C14H21N5O/c1-2-15-14-17-12-11(8-16-19-12)13(18-14)20-9-10-6-4-3-5-7-10/h8,10H,2-7,9H2,1H3,(H2,15,16,17,18,19). The number of hydrogen-bond donors (Lipinski definition) is 2. The summed E-state index contributed by atoms with van der Waals surface area (Å²) in [6, 6.07) is 0. The fraction of sp³-hybridized carbons (Fsp3) is 0.643. The third kappa shape index (κ3) is 2.84. The van der Waals surface area contributed by atoms with E-state index in [2.05, 4.69) is 25.5 Å². The van der Waals surface area contributed by atoms with Crippen LogP contribution in [0, 0.1) is 5.92 Å². The molecule has 0 amide bonds. The van der Waals surface area contributed by atoms with Gasteiger partial charge in [-0.3, -0.25) is 5.10 Å². The summed E-state index contributed by atoms with van der Waals surface area (Å²) in [5.74, 6) is 1.87. The summed E-state index contributed by atoms with van der Waals surface area (Å²) in [5, 5.41) is 10.9. The van der Waals surface area contributed by atoms with E-state index < -0.39 is 0 Å². The smallest absolute Gasteiger partial charge is 0.229 e. The zero-order valence-electron chi connectivity index (χ0n) is 11.9. The van der Waals surface area contributed by atoms with E-state index in [1.54, 1.807) is 6.20 Å². The van der Waals surface area contributed by atoms with E-state index in [1.807, 2.05) is 6.92 Å². The zero-order valence-corrected chi connectivity index (χ0v) is 11.9. The summed E-state index contributed by atoms with van der Waals surface area (Å²) < 4.78 is 5.95. The Hall–Kier alpha value is -1.85. The molecule has 1 aliphatic rings. The van der Waals surface area contributed by atoms with Gasteiger partial charge in [0.2, 0.25) is 11.8 Å². The molecule has 2 aromatic rings. The molecule has 6 heteroatoms. The van der Waals surface area contributed by atoms with Crippen molar-refractivity contribution in [3.8, 4) is 5.88 Å². The molecule has 0 radical (unpaired) electrons. The lowest BCUT2D eigenvalue weighted by molar-refractivity contribution is 0.205. The number of aromatic amines is 1. The van der Waals surface area contributed by atoms with E-state index in [0.29, 0.717) is 17.7 Å². The highest BCUT2D eigenvalue weighted by Crippen LogP contribution is 2.27. The van der Waals surface area contributed by atoms with E-state index in [-0.39, 0.29) is 0 Å². The first kappa shape index (κ1) is 13.1. The van der Waals surface area contributed by atoms with Gasteiger partial charge >= 0.3 is 0 Å². The molecule has 0 aromatic carbocycles. The molecule has 6 nitrogen and oxygen atoms in total. The minimum Gasteiger partial charge on any atom is -0.477 e. The van der Waals surface area contributed by atoms with E-state index in [9.17, 15) is 0 Å². The number of anilines is 1. The second-order valence-electron chi connectivity index (χ2n) is 5.33. The summed E-state index contributed by atoms with van der Waals surface area (Å²) in [7, 11) is 0. The van der Waals surface area contributed by atoms with Crippen LogP contribution in [0.15, 0.2) is 6.20 Å². The third-order valence-corrected chi connectivity index (χ3v) is 3.79. The Kier molecular flexibility index (Phi) is 3.99. The van der Waals surface area contributed by atoms with Crippen LogP contribution in [0.3, 0.4) is 0 Å². The SMILES string of the molecule is CCNc1nc(OCC2CCCCC2)c2cn[nH]c2n1. The Morgan fingerprint density at radius 3 is 2.95 bits per heavy atom. The van der Waals surface area contributed by atoms with Gasteiger partial charge in [0.25, 0.3) is 0 Å². The molecule has 1 saturated carbocycles. The first-order valence-electron chi connectivity index (χ1n) is 7.44. The van der Waals surface area contributed by atoms with Crippen LogP contribution in [-0.2, 0) is 0 Å². The fourth-order valence-corrected chi connectivity index (χ4v) is 2.71. The topological polar surface area (TPSA) is 75.7 Å². The number of aromatic nitrogens is 4. The number of ether oxygens (including phenoxy) is 1. The number of rotatable bonds is 5. The maximum Gasteiger partial charge on any atom is 0.229 e. The molecule has 2 heterocycles. The highest BCUT2D eigenvalue weighted by molar-refractivity contribution is 5.80. The molecule has 1 fully saturated rings. The van der Waals surface area contributed by atoms with E-state index in [0.717, 1.165) is 24.2 Å².